The molecule has 9 heteroatoms. The van der Waals surface area contributed by atoms with Crippen LogP contribution in [-0.2, 0) is 20.2 Å². The van der Waals surface area contributed by atoms with E-state index in [0.29, 0.717) is 37.2 Å². The van der Waals surface area contributed by atoms with Crippen LogP contribution in [0, 0.1) is 10.1 Å². The zero-order valence-corrected chi connectivity index (χ0v) is 15.2. The van der Waals surface area contributed by atoms with Crippen molar-refractivity contribution in [2.45, 2.75) is 38.1 Å². The standard InChI is InChI=1S/C16H21N3O5S/c1-16(2)13-10-12(19(21)22)4-5-14(13)18(15(16)20)11-6-8-17(9-7-11)25(3,23)24/h4-5,10-11H,6-9H2,1-3H3. The molecule has 1 aromatic carbocycles. The van der Waals surface area contributed by atoms with Crippen LogP contribution in [0.15, 0.2) is 18.2 Å². The number of rotatable bonds is 3. The molecule has 2 heterocycles. The lowest BCUT2D eigenvalue weighted by Gasteiger charge is -2.36. The minimum Gasteiger partial charge on any atom is -0.308 e. The molecule has 0 aliphatic carbocycles. The second kappa shape index (κ2) is 5.77. The van der Waals surface area contributed by atoms with Crippen molar-refractivity contribution < 1.29 is 18.1 Å². The summed E-state index contributed by atoms with van der Waals surface area (Å²) in [5, 5.41) is 11.1. The molecule has 0 spiro atoms. The van der Waals surface area contributed by atoms with Gasteiger partial charge in [0, 0.05) is 37.0 Å². The van der Waals surface area contributed by atoms with Gasteiger partial charge in [-0.25, -0.2) is 12.7 Å². The molecule has 0 N–H and O–H groups in total. The molecular formula is C16H21N3O5S. The lowest BCUT2D eigenvalue weighted by Crippen LogP contribution is -2.49. The van der Waals surface area contributed by atoms with E-state index in [1.165, 1.54) is 22.7 Å². The molecule has 25 heavy (non-hydrogen) atoms. The topological polar surface area (TPSA) is 101 Å². The van der Waals surface area contributed by atoms with Gasteiger partial charge < -0.3 is 4.90 Å². The summed E-state index contributed by atoms with van der Waals surface area (Å²) in [5.41, 5.74) is 0.471. The minimum absolute atomic E-state index is 0.0339. The van der Waals surface area contributed by atoms with Gasteiger partial charge in [-0.05, 0) is 38.3 Å². The zero-order valence-electron chi connectivity index (χ0n) is 14.4. The van der Waals surface area contributed by atoms with Crippen molar-refractivity contribution in [1.29, 1.82) is 0 Å². The van der Waals surface area contributed by atoms with Crippen molar-refractivity contribution in [2.24, 2.45) is 0 Å². The first-order valence-electron chi connectivity index (χ1n) is 8.11. The van der Waals surface area contributed by atoms with E-state index in [2.05, 4.69) is 0 Å². The summed E-state index contributed by atoms with van der Waals surface area (Å²) < 4.78 is 24.7. The first-order chi connectivity index (χ1) is 11.5. The third-order valence-corrected chi connectivity index (χ3v) is 6.44. The predicted octanol–water partition coefficient (Wildman–Crippen LogP) is 1.64. The number of nitrogens with zero attached hydrogens (tertiary/aromatic N) is 3. The van der Waals surface area contributed by atoms with E-state index in [4.69, 9.17) is 0 Å². The maximum absolute atomic E-state index is 13.0. The molecule has 2 aliphatic heterocycles. The number of carbonyl (C=O) groups excluding carboxylic acids is 1. The number of nitro groups is 1. The molecule has 3 rings (SSSR count). The van der Waals surface area contributed by atoms with Gasteiger partial charge in [0.1, 0.15) is 0 Å². The average Bonchev–Trinajstić information content (AvgIpc) is 2.73. The number of fused-ring (bicyclic) bond motifs is 1. The highest BCUT2D eigenvalue weighted by atomic mass is 32.2. The number of non-ortho nitro benzene ring substituents is 1. The Balaban J connectivity index is 1.92. The summed E-state index contributed by atoms with van der Waals surface area (Å²) >= 11 is 0. The van der Waals surface area contributed by atoms with E-state index in [9.17, 15) is 23.3 Å². The van der Waals surface area contributed by atoms with Gasteiger partial charge in [0.25, 0.3) is 5.69 Å². The molecule has 0 atom stereocenters. The lowest BCUT2D eigenvalue weighted by atomic mass is 9.86. The summed E-state index contributed by atoms with van der Waals surface area (Å²) in [4.78, 5) is 25.3. The van der Waals surface area contributed by atoms with Gasteiger partial charge in [-0.1, -0.05) is 0 Å². The van der Waals surface area contributed by atoms with Crippen LogP contribution in [0.1, 0.15) is 32.3 Å². The van der Waals surface area contributed by atoms with Gasteiger partial charge in [-0.2, -0.15) is 0 Å². The Morgan fingerprint density at radius 1 is 1.24 bits per heavy atom. The van der Waals surface area contributed by atoms with Gasteiger partial charge >= 0.3 is 0 Å². The number of sulfonamides is 1. The van der Waals surface area contributed by atoms with E-state index < -0.39 is 20.4 Å². The highest BCUT2D eigenvalue weighted by Crippen LogP contribution is 2.45. The second-order valence-corrected chi connectivity index (χ2v) is 9.13. The van der Waals surface area contributed by atoms with Crippen molar-refractivity contribution in [3.05, 3.63) is 33.9 Å². The smallest absolute Gasteiger partial charge is 0.269 e. The Morgan fingerprint density at radius 2 is 1.84 bits per heavy atom. The maximum atomic E-state index is 13.0. The predicted molar refractivity (Wildman–Crippen MR) is 93.0 cm³/mol. The number of amides is 1. The first-order valence-corrected chi connectivity index (χ1v) is 9.96. The number of benzene rings is 1. The van der Waals surface area contributed by atoms with Crippen LogP contribution in [0.2, 0.25) is 0 Å². The molecule has 1 aromatic rings. The lowest BCUT2D eigenvalue weighted by molar-refractivity contribution is -0.384. The summed E-state index contributed by atoms with van der Waals surface area (Å²) in [6, 6.07) is 4.40. The van der Waals surface area contributed by atoms with Crippen LogP contribution in [0.4, 0.5) is 11.4 Å². The third kappa shape index (κ3) is 2.91. The Labute approximate surface area is 146 Å². The number of hydrogen-bond acceptors (Lipinski definition) is 5. The van der Waals surface area contributed by atoms with Crippen LogP contribution in [0.5, 0.6) is 0 Å². The van der Waals surface area contributed by atoms with Crippen LogP contribution in [-0.4, -0.2) is 48.9 Å². The van der Waals surface area contributed by atoms with E-state index in [-0.39, 0.29) is 17.6 Å². The number of hydrogen-bond donors (Lipinski definition) is 0. The summed E-state index contributed by atoms with van der Waals surface area (Å²) in [6.45, 7) is 4.28. The van der Waals surface area contributed by atoms with Crippen LogP contribution in [0.25, 0.3) is 0 Å². The number of piperidine rings is 1. The van der Waals surface area contributed by atoms with Gasteiger partial charge in [0.15, 0.2) is 0 Å². The highest BCUT2D eigenvalue weighted by Gasteiger charge is 2.47. The minimum atomic E-state index is -3.23. The fourth-order valence-electron chi connectivity index (χ4n) is 3.67. The zero-order chi connectivity index (χ0) is 18.6. The Bertz CT molecular complexity index is 841. The number of nitro benzene ring substituents is 1. The molecule has 0 radical (unpaired) electrons. The molecule has 136 valence electrons. The molecule has 2 aliphatic rings. The van der Waals surface area contributed by atoms with Crippen LogP contribution >= 0.6 is 0 Å². The van der Waals surface area contributed by atoms with Gasteiger partial charge in [-0.15, -0.1) is 0 Å². The first kappa shape index (κ1) is 17.8. The van der Waals surface area contributed by atoms with Gasteiger partial charge in [0.05, 0.1) is 16.6 Å². The number of carbonyl (C=O) groups is 1. The van der Waals surface area contributed by atoms with Gasteiger partial charge in [0.2, 0.25) is 15.9 Å². The molecule has 1 fully saturated rings. The molecule has 1 amide bonds. The van der Waals surface area contributed by atoms with E-state index >= 15 is 0 Å². The van der Waals surface area contributed by atoms with E-state index in [1.807, 2.05) is 0 Å². The van der Waals surface area contributed by atoms with Crippen LogP contribution < -0.4 is 4.90 Å². The highest BCUT2D eigenvalue weighted by molar-refractivity contribution is 7.88. The van der Waals surface area contributed by atoms with Crippen molar-refractivity contribution in [1.82, 2.24) is 4.31 Å². The molecule has 0 saturated carbocycles. The van der Waals surface area contributed by atoms with Crippen LogP contribution in [0.3, 0.4) is 0 Å². The molecule has 1 saturated heterocycles. The van der Waals surface area contributed by atoms with Crippen molar-refractivity contribution in [2.75, 3.05) is 24.2 Å². The summed E-state index contributed by atoms with van der Waals surface area (Å²) in [5.74, 6) is -0.0965. The van der Waals surface area contributed by atoms with E-state index in [0.717, 1.165) is 0 Å². The van der Waals surface area contributed by atoms with E-state index in [1.54, 1.807) is 24.8 Å². The summed E-state index contributed by atoms with van der Waals surface area (Å²) in [7, 11) is -3.23. The normalized spacial score (nSPS) is 21.4. The molecule has 0 unspecified atom stereocenters. The fraction of sp³-hybridized carbons (Fsp3) is 0.562. The quantitative estimate of drug-likeness (QED) is 0.597. The van der Waals surface area contributed by atoms with Gasteiger partial charge in [-0.3, -0.25) is 14.9 Å². The second-order valence-electron chi connectivity index (χ2n) is 7.15. The van der Waals surface area contributed by atoms with Crippen molar-refractivity contribution >= 4 is 27.3 Å². The SMILES string of the molecule is CC1(C)C(=O)N(C2CCN(S(C)(=O)=O)CC2)c2ccc([N+](=O)[O-])cc21. The Hall–Kier alpha value is -2.00. The maximum Gasteiger partial charge on any atom is 0.269 e. The summed E-state index contributed by atoms with van der Waals surface area (Å²) in [6.07, 6.45) is 2.28. The largest absolute Gasteiger partial charge is 0.308 e. The molecule has 0 bridgehead atoms. The third-order valence-electron chi connectivity index (χ3n) is 5.13. The molecule has 0 aromatic heterocycles. The Morgan fingerprint density at radius 3 is 2.36 bits per heavy atom. The molecule has 8 nitrogen and oxygen atoms in total. The monoisotopic (exact) mass is 367 g/mol. The van der Waals surface area contributed by atoms with Crippen molar-refractivity contribution in [3.8, 4) is 0 Å². The number of anilines is 1. The van der Waals surface area contributed by atoms with Crippen molar-refractivity contribution in [3.63, 3.8) is 0 Å². The average molecular weight is 367 g/mol. The molecular weight excluding hydrogens is 346 g/mol. The Kier molecular flexibility index (Phi) is 4.11. The fourth-order valence-corrected chi connectivity index (χ4v) is 4.54.